The molecule has 0 amide bonds. The lowest BCUT2D eigenvalue weighted by Crippen LogP contribution is -1.95. The minimum absolute atomic E-state index is 0.0301. The van der Waals surface area contributed by atoms with E-state index in [1.165, 1.54) is 10.9 Å². The van der Waals surface area contributed by atoms with E-state index in [9.17, 15) is 4.79 Å². The van der Waals surface area contributed by atoms with Crippen molar-refractivity contribution in [3.8, 4) is 0 Å². The lowest BCUT2D eigenvalue weighted by Gasteiger charge is -1.78. The van der Waals surface area contributed by atoms with E-state index in [-0.39, 0.29) is 5.69 Å². The third kappa shape index (κ3) is 3.77. The second-order valence-electron chi connectivity index (χ2n) is 2.80. The Morgan fingerprint density at radius 2 is 1.81 bits per heavy atom. The van der Waals surface area contributed by atoms with Crippen LogP contribution in [0, 0.1) is 0 Å². The van der Waals surface area contributed by atoms with Gasteiger partial charge in [0.2, 0.25) is 0 Å². The highest BCUT2D eigenvalue weighted by atomic mass is 79.9. The normalized spacial score (nSPS) is 9.44. The molecule has 0 saturated carbocycles. The summed E-state index contributed by atoms with van der Waals surface area (Å²) in [4.78, 5) is 10.1. The van der Waals surface area contributed by atoms with Gasteiger partial charge in [-0.1, -0.05) is 10.4 Å². The molecule has 0 saturated heterocycles. The van der Waals surface area contributed by atoms with Crippen LogP contribution in [0.5, 0.6) is 0 Å². The summed E-state index contributed by atoms with van der Waals surface area (Å²) < 4.78 is 3.74. The molecule has 0 fully saturated rings. The van der Waals surface area contributed by atoms with Gasteiger partial charge in [0.1, 0.15) is 4.60 Å². The van der Waals surface area contributed by atoms with Crippen molar-refractivity contribution in [2.45, 2.75) is 0 Å². The summed E-state index contributed by atoms with van der Waals surface area (Å²) in [6.07, 6.45) is 3.11. The average Bonchev–Trinajstić information content (AvgIpc) is 2.76. The first kappa shape index (κ1) is 12.3. The van der Waals surface area contributed by atoms with Crippen molar-refractivity contribution < 1.29 is 9.90 Å². The number of carboxylic acids is 1. The topological polar surface area (TPSA) is 98.7 Å². The van der Waals surface area contributed by atoms with Gasteiger partial charge in [-0.2, -0.15) is 0 Å². The number of halogens is 1. The molecule has 86 valence electrons. The Bertz CT molecular complexity index is 462. The number of carbonyl (C=O) groups is 1. The predicted molar refractivity (Wildman–Crippen MR) is 56.7 cm³/mol. The molecule has 0 spiro atoms. The number of aromatic carboxylic acids is 1. The lowest BCUT2D eigenvalue weighted by atomic mass is 10.5. The van der Waals surface area contributed by atoms with Gasteiger partial charge < -0.3 is 5.11 Å². The quantitative estimate of drug-likeness (QED) is 0.799. The lowest BCUT2D eigenvalue weighted by molar-refractivity contribution is 0.0690. The van der Waals surface area contributed by atoms with Crippen LogP contribution in [-0.4, -0.2) is 41.1 Å². The monoisotopic (exact) mass is 288 g/mol. The summed E-state index contributed by atoms with van der Waals surface area (Å²) >= 11 is 3.14. The second kappa shape index (κ2) is 5.35. The number of aromatic nitrogens is 6. The van der Waals surface area contributed by atoms with Gasteiger partial charge >= 0.3 is 5.97 Å². The number of rotatable bonds is 1. The summed E-state index contributed by atoms with van der Waals surface area (Å²) in [6, 6.07) is 0. The highest BCUT2D eigenvalue weighted by Gasteiger charge is 2.04. The third-order valence-electron chi connectivity index (χ3n) is 1.40. The maximum Gasteiger partial charge on any atom is 0.358 e. The minimum atomic E-state index is -1.05. The van der Waals surface area contributed by atoms with E-state index in [0.29, 0.717) is 0 Å². The van der Waals surface area contributed by atoms with Crippen molar-refractivity contribution in [3.63, 3.8) is 0 Å². The summed E-state index contributed by atoms with van der Waals surface area (Å²) in [6.45, 7) is 0. The molecule has 0 aliphatic carbocycles. The van der Waals surface area contributed by atoms with Crippen molar-refractivity contribution >= 4 is 21.9 Å². The van der Waals surface area contributed by atoms with Crippen molar-refractivity contribution in [2.24, 2.45) is 14.1 Å². The average molecular weight is 289 g/mol. The van der Waals surface area contributed by atoms with Gasteiger partial charge in [0.25, 0.3) is 0 Å². The standard InChI is InChI=1S/C4H5N3O2.C3H4BrN3/c1-7-2-3(4(8)9)5-6-7;1-7-2-3(4)5-6-7/h2H,1H3,(H,8,9);2H,1H3. The first-order valence-electron chi connectivity index (χ1n) is 4.10. The molecule has 0 atom stereocenters. The largest absolute Gasteiger partial charge is 0.476 e. The van der Waals surface area contributed by atoms with Gasteiger partial charge in [0.15, 0.2) is 5.69 Å². The number of carboxylic acid groups (broad SMARTS) is 1. The Labute approximate surface area is 99.0 Å². The molecule has 8 nitrogen and oxygen atoms in total. The van der Waals surface area contributed by atoms with Crippen LogP contribution in [0.4, 0.5) is 0 Å². The molecular weight excluding hydrogens is 280 g/mol. The highest BCUT2D eigenvalue weighted by Crippen LogP contribution is 1.98. The van der Waals surface area contributed by atoms with E-state index in [4.69, 9.17) is 5.11 Å². The van der Waals surface area contributed by atoms with Gasteiger partial charge in [-0.3, -0.25) is 9.36 Å². The maximum atomic E-state index is 10.1. The molecule has 2 heterocycles. The fraction of sp³-hybridized carbons (Fsp3) is 0.286. The van der Waals surface area contributed by atoms with Crippen LogP contribution < -0.4 is 0 Å². The molecule has 2 aromatic heterocycles. The Morgan fingerprint density at radius 3 is 2.00 bits per heavy atom. The predicted octanol–water partition coefficient (Wildman–Crippen LogP) is 0.0909. The summed E-state index contributed by atoms with van der Waals surface area (Å²) in [5.41, 5.74) is -0.0301. The molecule has 2 rings (SSSR count). The molecule has 0 unspecified atom stereocenters. The van der Waals surface area contributed by atoms with E-state index in [0.717, 1.165) is 4.60 Å². The van der Waals surface area contributed by atoms with Gasteiger partial charge in [-0.05, 0) is 15.9 Å². The molecule has 16 heavy (non-hydrogen) atoms. The number of aryl methyl sites for hydroxylation is 2. The van der Waals surface area contributed by atoms with Crippen LogP contribution in [0.2, 0.25) is 0 Å². The van der Waals surface area contributed by atoms with Crippen molar-refractivity contribution in [1.82, 2.24) is 30.0 Å². The first-order chi connectivity index (χ1) is 7.49. The smallest absolute Gasteiger partial charge is 0.358 e. The molecule has 2 aromatic rings. The van der Waals surface area contributed by atoms with Crippen LogP contribution in [0.25, 0.3) is 0 Å². The summed E-state index contributed by atoms with van der Waals surface area (Å²) in [5, 5.41) is 22.3. The molecular formula is C7H9BrN6O2. The zero-order valence-corrected chi connectivity index (χ0v) is 10.2. The summed E-state index contributed by atoms with van der Waals surface area (Å²) in [5.74, 6) is -1.05. The van der Waals surface area contributed by atoms with Crippen LogP contribution >= 0.6 is 15.9 Å². The van der Waals surface area contributed by atoms with Gasteiger partial charge in [-0.25, -0.2) is 4.79 Å². The fourth-order valence-corrected chi connectivity index (χ4v) is 1.13. The molecule has 0 aromatic carbocycles. The van der Waals surface area contributed by atoms with Crippen LogP contribution in [0.15, 0.2) is 17.0 Å². The molecule has 9 heteroatoms. The highest BCUT2D eigenvalue weighted by molar-refractivity contribution is 9.10. The Balaban J connectivity index is 0.000000165. The second-order valence-corrected chi connectivity index (χ2v) is 3.61. The maximum absolute atomic E-state index is 10.1. The number of nitrogens with zero attached hydrogens (tertiary/aromatic N) is 6. The van der Waals surface area contributed by atoms with Crippen LogP contribution in [0.3, 0.4) is 0 Å². The zero-order valence-electron chi connectivity index (χ0n) is 8.57. The van der Waals surface area contributed by atoms with Crippen molar-refractivity contribution in [1.29, 1.82) is 0 Å². The van der Waals surface area contributed by atoms with Crippen molar-refractivity contribution in [2.75, 3.05) is 0 Å². The third-order valence-corrected chi connectivity index (χ3v) is 1.76. The van der Waals surface area contributed by atoms with Gasteiger partial charge in [0.05, 0.1) is 12.4 Å². The van der Waals surface area contributed by atoms with E-state index in [1.807, 2.05) is 7.05 Å². The van der Waals surface area contributed by atoms with E-state index >= 15 is 0 Å². The van der Waals surface area contributed by atoms with Gasteiger partial charge in [0, 0.05) is 14.1 Å². The fourth-order valence-electron chi connectivity index (χ4n) is 0.764. The molecule has 0 radical (unpaired) electrons. The Morgan fingerprint density at radius 1 is 1.25 bits per heavy atom. The minimum Gasteiger partial charge on any atom is -0.476 e. The van der Waals surface area contributed by atoms with Crippen LogP contribution in [-0.2, 0) is 14.1 Å². The van der Waals surface area contributed by atoms with E-state index in [1.54, 1.807) is 17.9 Å². The molecule has 0 aliphatic rings. The molecule has 0 aliphatic heterocycles. The Kier molecular flexibility index (Phi) is 4.11. The van der Waals surface area contributed by atoms with Crippen molar-refractivity contribution in [3.05, 3.63) is 22.7 Å². The zero-order chi connectivity index (χ0) is 12.1. The Hall–Kier alpha value is -1.77. The van der Waals surface area contributed by atoms with Crippen LogP contribution in [0.1, 0.15) is 10.5 Å². The van der Waals surface area contributed by atoms with E-state index in [2.05, 4.69) is 36.6 Å². The van der Waals surface area contributed by atoms with E-state index < -0.39 is 5.97 Å². The first-order valence-corrected chi connectivity index (χ1v) is 4.90. The van der Waals surface area contributed by atoms with Gasteiger partial charge in [-0.15, -0.1) is 10.2 Å². The molecule has 1 N–H and O–H groups in total. The SMILES string of the molecule is Cn1cc(Br)nn1.Cn1cc(C(=O)O)nn1. The summed E-state index contributed by atoms with van der Waals surface area (Å²) in [7, 11) is 3.43. The number of hydrogen-bond donors (Lipinski definition) is 1. The number of hydrogen-bond acceptors (Lipinski definition) is 5. The molecule has 0 bridgehead atoms.